The van der Waals surface area contributed by atoms with E-state index in [1.165, 1.54) is 77.0 Å². The van der Waals surface area contributed by atoms with Gasteiger partial charge in [0.1, 0.15) is 19.3 Å². The maximum absolute atomic E-state index is 12.2. The van der Waals surface area contributed by atoms with E-state index in [4.69, 9.17) is 18.5 Å². The summed E-state index contributed by atoms with van der Waals surface area (Å²) in [6, 6.07) is 0. The van der Waals surface area contributed by atoms with Gasteiger partial charge in [-0.05, 0) is 44.9 Å². The molecule has 0 aliphatic carbocycles. The number of hydrogen-bond acceptors (Lipinski definition) is 6. The fraction of sp³-hybridized carbons (Fsp3) is 0.769. The molecule has 8 nitrogen and oxygen atoms in total. The Morgan fingerprint density at radius 1 is 0.646 bits per heavy atom. The minimum Gasteiger partial charge on any atom is -0.457 e. The fourth-order valence-electron chi connectivity index (χ4n) is 4.75. The lowest BCUT2D eigenvalue weighted by molar-refractivity contribution is -0.870. The fourth-order valence-corrected chi connectivity index (χ4v) is 5.49. The lowest BCUT2D eigenvalue weighted by Crippen LogP contribution is -2.37. The Kier molecular flexibility index (Phi) is 31.6. The summed E-state index contributed by atoms with van der Waals surface area (Å²) >= 11 is 0. The SMILES string of the molecule is CC/C=C\C/C=C\C/C=C\C/C=C\CCCCCCCCCCCCCCCOCC(COP(=O)(O)OCC[N+](C)(C)C)OC(=O)CC. The van der Waals surface area contributed by atoms with Gasteiger partial charge in [0.15, 0.2) is 0 Å². The molecule has 0 saturated heterocycles. The van der Waals surface area contributed by atoms with Gasteiger partial charge in [0, 0.05) is 13.0 Å². The van der Waals surface area contributed by atoms with Crippen molar-refractivity contribution < 1.29 is 37.3 Å². The summed E-state index contributed by atoms with van der Waals surface area (Å²) in [4.78, 5) is 21.7. The van der Waals surface area contributed by atoms with Gasteiger partial charge >= 0.3 is 13.8 Å². The molecule has 48 heavy (non-hydrogen) atoms. The van der Waals surface area contributed by atoms with Crippen LogP contribution < -0.4 is 0 Å². The number of phosphoric ester groups is 1. The van der Waals surface area contributed by atoms with E-state index in [1.54, 1.807) is 6.92 Å². The summed E-state index contributed by atoms with van der Waals surface area (Å²) < 4.78 is 33.9. The summed E-state index contributed by atoms with van der Waals surface area (Å²) in [5, 5.41) is 0. The van der Waals surface area contributed by atoms with E-state index in [1.807, 2.05) is 21.1 Å². The molecule has 0 saturated carbocycles. The molecule has 0 aromatic heterocycles. The first-order valence-electron chi connectivity index (χ1n) is 18.9. The van der Waals surface area contributed by atoms with Gasteiger partial charge < -0.3 is 18.9 Å². The van der Waals surface area contributed by atoms with Crippen LogP contribution in [0.1, 0.15) is 136 Å². The van der Waals surface area contributed by atoms with E-state index in [9.17, 15) is 14.3 Å². The Hall–Kier alpha value is -1.54. The van der Waals surface area contributed by atoms with E-state index in [-0.39, 0.29) is 26.2 Å². The third-order valence-corrected chi connectivity index (χ3v) is 8.69. The quantitative estimate of drug-likeness (QED) is 0.0235. The zero-order chi connectivity index (χ0) is 35.6. The maximum atomic E-state index is 12.2. The molecule has 2 atom stereocenters. The van der Waals surface area contributed by atoms with Crippen molar-refractivity contribution in [2.45, 2.75) is 142 Å². The highest BCUT2D eigenvalue weighted by Gasteiger charge is 2.26. The second-order valence-corrected chi connectivity index (χ2v) is 15.0. The average molecular weight is 699 g/mol. The van der Waals surface area contributed by atoms with Crippen LogP contribution in [0.2, 0.25) is 0 Å². The topological polar surface area (TPSA) is 91.3 Å². The number of ether oxygens (including phenoxy) is 2. The number of nitrogens with zero attached hydrogens (tertiary/aromatic N) is 1. The largest absolute Gasteiger partial charge is 0.472 e. The lowest BCUT2D eigenvalue weighted by atomic mass is 10.0. The molecule has 0 radical (unpaired) electrons. The normalized spacial score (nSPS) is 14.5. The molecule has 0 aromatic carbocycles. The monoisotopic (exact) mass is 699 g/mol. The number of rotatable bonds is 34. The summed E-state index contributed by atoms with van der Waals surface area (Å²) in [5.41, 5.74) is 0. The van der Waals surface area contributed by atoms with Gasteiger partial charge in [0.2, 0.25) is 0 Å². The third kappa shape index (κ3) is 35.8. The van der Waals surface area contributed by atoms with Crippen LogP contribution in [0.5, 0.6) is 0 Å². The molecule has 0 heterocycles. The number of esters is 1. The Bertz CT molecular complexity index is 911. The Morgan fingerprint density at radius 2 is 1.12 bits per heavy atom. The van der Waals surface area contributed by atoms with Crippen molar-refractivity contribution in [3.8, 4) is 0 Å². The van der Waals surface area contributed by atoms with E-state index in [0.29, 0.717) is 17.6 Å². The van der Waals surface area contributed by atoms with Gasteiger partial charge in [-0.3, -0.25) is 13.8 Å². The summed E-state index contributed by atoms with van der Waals surface area (Å²) in [5.74, 6) is -0.403. The molecule has 9 heteroatoms. The maximum Gasteiger partial charge on any atom is 0.472 e. The van der Waals surface area contributed by atoms with Crippen molar-refractivity contribution in [2.24, 2.45) is 0 Å². The molecule has 0 amide bonds. The van der Waals surface area contributed by atoms with Crippen molar-refractivity contribution in [1.82, 2.24) is 0 Å². The van der Waals surface area contributed by atoms with Gasteiger partial charge in [0.05, 0.1) is 34.4 Å². The summed E-state index contributed by atoms with van der Waals surface area (Å²) in [7, 11) is 1.65. The first kappa shape index (κ1) is 46.5. The number of allylic oxidation sites excluding steroid dienone is 8. The number of carbonyl (C=O) groups excluding carboxylic acids is 1. The minimum absolute atomic E-state index is 0.0851. The van der Waals surface area contributed by atoms with E-state index in [0.717, 1.165) is 38.5 Å². The van der Waals surface area contributed by atoms with Gasteiger partial charge in [-0.15, -0.1) is 0 Å². The number of quaternary nitrogens is 1. The number of carbonyl (C=O) groups is 1. The van der Waals surface area contributed by atoms with Gasteiger partial charge in [0.25, 0.3) is 0 Å². The number of likely N-dealkylation sites (N-methyl/N-ethyl adjacent to an activating group) is 1. The van der Waals surface area contributed by atoms with Crippen LogP contribution in [0.25, 0.3) is 0 Å². The van der Waals surface area contributed by atoms with Crippen LogP contribution in [-0.4, -0.2) is 75.6 Å². The predicted octanol–water partition coefficient (Wildman–Crippen LogP) is 10.4. The smallest absolute Gasteiger partial charge is 0.457 e. The summed E-state index contributed by atoms with van der Waals surface area (Å²) in [6.07, 6.45) is 39.5. The van der Waals surface area contributed by atoms with Crippen molar-refractivity contribution in [2.75, 3.05) is 54.1 Å². The van der Waals surface area contributed by atoms with E-state index < -0.39 is 19.9 Å². The number of unbranched alkanes of at least 4 members (excludes halogenated alkanes) is 13. The lowest BCUT2D eigenvalue weighted by Gasteiger charge is -2.24. The van der Waals surface area contributed by atoms with Crippen LogP contribution in [0.15, 0.2) is 48.6 Å². The standard InChI is InChI=1S/C39H72NO7P/c1-6-8-9-10-11-12-13-14-15-16-17-18-19-20-21-22-23-24-25-26-27-28-29-30-31-32-34-44-36-38(47-39(41)7-2)37-46-48(42,43)45-35-33-40(3,4)5/h8-9,11-12,14-15,17-18,38H,6-7,10,13,16,19-37H2,1-5H3/p+1/b9-8-,12-11-,15-14-,18-17-. The second-order valence-electron chi connectivity index (χ2n) is 13.5. The molecular formula is C39H73NO7P+. The summed E-state index contributed by atoms with van der Waals surface area (Å²) in [6.45, 7) is 4.93. The molecule has 0 aromatic rings. The van der Waals surface area contributed by atoms with Gasteiger partial charge in [-0.1, -0.05) is 133 Å². The Morgan fingerprint density at radius 3 is 1.62 bits per heavy atom. The van der Waals surface area contributed by atoms with E-state index in [2.05, 4.69) is 55.5 Å². The highest BCUT2D eigenvalue weighted by molar-refractivity contribution is 7.47. The molecular weight excluding hydrogens is 625 g/mol. The van der Waals surface area contributed by atoms with Crippen LogP contribution in [0, 0.1) is 0 Å². The van der Waals surface area contributed by atoms with Crippen molar-refractivity contribution >= 4 is 13.8 Å². The number of phosphoric acid groups is 1. The van der Waals surface area contributed by atoms with Crippen LogP contribution in [0.4, 0.5) is 0 Å². The molecule has 0 aliphatic heterocycles. The first-order valence-corrected chi connectivity index (χ1v) is 20.4. The zero-order valence-electron chi connectivity index (χ0n) is 31.5. The van der Waals surface area contributed by atoms with Gasteiger partial charge in [-0.25, -0.2) is 4.57 Å². The molecule has 0 aliphatic rings. The molecule has 2 unspecified atom stereocenters. The third-order valence-electron chi connectivity index (χ3n) is 7.71. The highest BCUT2D eigenvalue weighted by Crippen LogP contribution is 2.43. The predicted molar refractivity (Wildman–Crippen MR) is 201 cm³/mol. The molecule has 1 N–H and O–H groups in total. The molecule has 0 fully saturated rings. The molecule has 0 bridgehead atoms. The Labute approximate surface area is 295 Å². The second kappa shape index (κ2) is 32.7. The van der Waals surface area contributed by atoms with Crippen LogP contribution in [-0.2, 0) is 27.9 Å². The number of hydrogen-bond donors (Lipinski definition) is 1. The average Bonchev–Trinajstić information content (AvgIpc) is 3.04. The van der Waals surface area contributed by atoms with Crippen molar-refractivity contribution in [3.63, 3.8) is 0 Å². The first-order chi connectivity index (χ1) is 23.1. The molecule has 0 rings (SSSR count). The van der Waals surface area contributed by atoms with Crippen molar-refractivity contribution in [3.05, 3.63) is 48.6 Å². The van der Waals surface area contributed by atoms with Gasteiger partial charge in [-0.2, -0.15) is 0 Å². The minimum atomic E-state index is -4.23. The Balaban J connectivity index is 3.67. The van der Waals surface area contributed by atoms with Crippen LogP contribution >= 0.6 is 7.82 Å². The molecule has 0 spiro atoms. The zero-order valence-corrected chi connectivity index (χ0v) is 32.4. The van der Waals surface area contributed by atoms with Crippen LogP contribution in [0.3, 0.4) is 0 Å². The van der Waals surface area contributed by atoms with Crippen molar-refractivity contribution in [1.29, 1.82) is 0 Å². The molecule has 280 valence electrons. The highest BCUT2D eigenvalue weighted by atomic mass is 31.2. The van der Waals surface area contributed by atoms with E-state index >= 15 is 0 Å².